The molecule has 0 saturated carbocycles. The molecule has 0 bridgehead atoms. The third-order valence-corrected chi connectivity index (χ3v) is 7.40. The Bertz CT molecular complexity index is 2010. The molecule has 5 nitrogen and oxygen atoms in total. The van der Waals surface area contributed by atoms with Crippen molar-refractivity contribution in [2.75, 3.05) is 0 Å². The summed E-state index contributed by atoms with van der Waals surface area (Å²) >= 11 is 1.41. The quantitative estimate of drug-likeness (QED) is 0.248. The van der Waals surface area contributed by atoms with E-state index in [9.17, 15) is 20.1 Å². The average Bonchev–Trinajstić information content (AvgIpc) is 2.88. The highest BCUT2D eigenvalue weighted by Gasteiger charge is 2.23. The van der Waals surface area contributed by atoms with Crippen LogP contribution in [0.5, 0.6) is 0 Å². The Labute approximate surface area is 196 Å². The van der Waals surface area contributed by atoms with Gasteiger partial charge in [-0.15, -0.1) is 11.3 Å². The Morgan fingerprint density at radius 2 is 1.47 bits per heavy atom. The molecule has 158 valence electrons. The molecule has 0 amide bonds. The van der Waals surface area contributed by atoms with Crippen LogP contribution >= 0.6 is 11.3 Å². The van der Waals surface area contributed by atoms with E-state index in [-0.39, 0.29) is 10.8 Å². The molecule has 6 heteroatoms. The molecule has 0 N–H and O–H groups in total. The summed E-state index contributed by atoms with van der Waals surface area (Å²) in [6.07, 6.45) is 1.73. The molecule has 6 aromatic rings. The van der Waals surface area contributed by atoms with Crippen LogP contribution in [-0.4, -0.2) is 4.57 Å². The van der Waals surface area contributed by atoms with Gasteiger partial charge in [-0.3, -0.25) is 9.59 Å². The van der Waals surface area contributed by atoms with E-state index in [1.807, 2.05) is 18.2 Å². The van der Waals surface area contributed by atoms with Gasteiger partial charge in [0.1, 0.15) is 6.07 Å². The third-order valence-electron chi connectivity index (χ3n) is 6.20. The standard InChI is InChI=1S/C28H13N3O2S/c1-2-15-8-9-22-19(10-15)23-16(13-29)11-20-24-21(12-17(14-30)26(34-22)25(23)24)28(33)31(27(20)32)18-6-4-3-5-7-18/h2-12H,1H2. The summed E-state index contributed by atoms with van der Waals surface area (Å²) in [6, 6.07) is 22.1. The number of para-hydroxylation sites is 1. The molecule has 4 aromatic carbocycles. The Hall–Kier alpha value is -4.78. The molecule has 0 aliphatic carbocycles. The summed E-state index contributed by atoms with van der Waals surface area (Å²) in [7, 11) is 0. The Kier molecular flexibility index (Phi) is 4.16. The van der Waals surface area contributed by atoms with Crippen LogP contribution < -0.4 is 11.1 Å². The van der Waals surface area contributed by atoms with Crippen LogP contribution in [0.2, 0.25) is 0 Å². The van der Waals surface area contributed by atoms with E-state index in [4.69, 9.17) is 0 Å². The molecule has 0 saturated heterocycles. The number of fused-ring (bicyclic) bond motifs is 2. The molecule has 6 rings (SSSR count). The first-order valence-corrected chi connectivity index (χ1v) is 11.3. The molecular weight excluding hydrogens is 442 g/mol. The maximum absolute atomic E-state index is 13.6. The van der Waals surface area contributed by atoms with E-state index < -0.39 is 11.1 Å². The predicted octanol–water partition coefficient (Wildman–Crippen LogP) is 5.70. The van der Waals surface area contributed by atoms with Crippen LogP contribution in [-0.2, 0) is 0 Å². The van der Waals surface area contributed by atoms with Gasteiger partial charge >= 0.3 is 0 Å². The fourth-order valence-corrected chi connectivity index (χ4v) is 5.86. The molecule has 0 unspecified atom stereocenters. The van der Waals surface area contributed by atoms with Gasteiger partial charge in [0.2, 0.25) is 0 Å². The summed E-state index contributed by atoms with van der Waals surface area (Å²) in [5.41, 5.74) is 1.00. The maximum atomic E-state index is 13.6. The number of nitrogens with zero attached hydrogens (tertiary/aromatic N) is 3. The van der Waals surface area contributed by atoms with E-state index in [0.29, 0.717) is 37.7 Å². The fraction of sp³-hybridized carbons (Fsp3) is 0. The smallest absolute Gasteiger partial charge is 0.266 e. The molecule has 0 fully saturated rings. The molecular formula is C28H13N3O2S. The lowest BCUT2D eigenvalue weighted by Crippen LogP contribution is -2.32. The summed E-state index contributed by atoms with van der Waals surface area (Å²) in [5.74, 6) is 0. The number of nitriles is 2. The summed E-state index contributed by atoms with van der Waals surface area (Å²) in [4.78, 5) is 27.2. The second-order valence-electron chi connectivity index (χ2n) is 7.96. The van der Waals surface area contributed by atoms with Crippen molar-refractivity contribution in [2.45, 2.75) is 0 Å². The van der Waals surface area contributed by atoms with E-state index in [1.165, 1.54) is 11.3 Å². The minimum absolute atomic E-state index is 0.281. The predicted molar refractivity (Wildman–Crippen MR) is 137 cm³/mol. The van der Waals surface area contributed by atoms with E-state index in [2.05, 4.69) is 18.7 Å². The molecule has 34 heavy (non-hydrogen) atoms. The van der Waals surface area contributed by atoms with Crippen molar-refractivity contribution in [2.24, 2.45) is 0 Å². The number of hydrogen-bond donors (Lipinski definition) is 0. The Balaban J connectivity index is 1.98. The zero-order valence-electron chi connectivity index (χ0n) is 17.6. The normalized spacial score (nSPS) is 11.2. The van der Waals surface area contributed by atoms with Crippen LogP contribution in [0.15, 0.2) is 76.8 Å². The summed E-state index contributed by atoms with van der Waals surface area (Å²) in [6.45, 7) is 3.84. The molecule has 2 heterocycles. The molecule has 0 aliphatic heterocycles. The zero-order chi connectivity index (χ0) is 23.6. The fourth-order valence-electron chi connectivity index (χ4n) is 4.71. The molecule has 0 atom stereocenters. The van der Waals surface area contributed by atoms with Gasteiger partial charge in [-0.1, -0.05) is 36.9 Å². The van der Waals surface area contributed by atoms with Crippen molar-refractivity contribution in [3.05, 3.63) is 105 Å². The second-order valence-corrected chi connectivity index (χ2v) is 9.02. The number of rotatable bonds is 2. The van der Waals surface area contributed by atoms with Crippen LogP contribution in [0.3, 0.4) is 0 Å². The van der Waals surface area contributed by atoms with Crippen LogP contribution in [0, 0.1) is 22.7 Å². The molecule has 0 radical (unpaired) electrons. The number of aromatic nitrogens is 1. The Morgan fingerprint density at radius 1 is 0.794 bits per heavy atom. The number of hydrogen-bond acceptors (Lipinski definition) is 5. The van der Waals surface area contributed by atoms with Crippen LogP contribution in [0.25, 0.3) is 53.5 Å². The third kappa shape index (κ3) is 2.52. The molecule has 0 spiro atoms. The highest BCUT2D eigenvalue weighted by atomic mass is 32.1. The number of benzene rings is 4. The van der Waals surface area contributed by atoms with Gasteiger partial charge in [-0.2, -0.15) is 10.5 Å². The second kappa shape index (κ2) is 7.11. The van der Waals surface area contributed by atoms with E-state index in [1.54, 1.807) is 48.5 Å². The summed E-state index contributed by atoms with van der Waals surface area (Å²) in [5, 5.41) is 23.2. The Morgan fingerprint density at radius 3 is 2.12 bits per heavy atom. The van der Waals surface area contributed by atoms with Crippen LogP contribution in [0.1, 0.15) is 16.7 Å². The first-order valence-electron chi connectivity index (χ1n) is 10.4. The van der Waals surface area contributed by atoms with Crippen molar-refractivity contribution < 1.29 is 0 Å². The minimum atomic E-state index is -0.488. The average molecular weight is 455 g/mol. The van der Waals surface area contributed by atoms with Gasteiger partial charge in [0, 0.05) is 26.2 Å². The highest BCUT2D eigenvalue weighted by molar-refractivity contribution is 7.25. The first kappa shape index (κ1) is 19.9. The zero-order valence-corrected chi connectivity index (χ0v) is 18.4. The van der Waals surface area contributed by atoms with Crippen LogP contribution in [0.4, 0.5) is 0 Å². The first-order chi connectivity index (χ1) is 16.6. The van der Waals surface area contributed by atoms with Gasteiger partial charge in [-0.05, 0) is 42.0 Å². The van der Waals surface area contributed by atoms with Crippen molar-refractivity contribution in [1.82, 2.24) is 4.57 Å². The van der Waals surface area contributed by atoms with Gasteiger partial charge < -0.3 is 0 Å². The molecule has 0 aliphatic rings. The van der Waals surface area contributed by atoms with E-state index in [0.717, 1.165) is 20.2 Å². The highest BCUT2D eigenvalue weighted by Crippen LogP contribution is 2.43. The number of pyridine rings is 1. The van der Waals surface area contributed by atoms with Crippen molar-refractivity contribution in [1.29, 1.82) is 10.5 Å². The minimum Gasteiger partial charge on any atom is -0.268 e. The lowest BCUT2D eigenvalue weighted by molar-refractivity contribution is 0.970. The van der Waals surface area contributed by atoms with Crippen molar-refractivity contribution in [3.8, 4) is 17.8 Å². The lowest BCUT2D eigenvalue weighted by Gasteiger charge is -2.16. The van der Waals surface area contributed by atoms with Gasteiger partial charge in [0.25, 0.3) is 11.1 Å². The van der Waals surface area contributed by atoms with Gasteiger partial charge in [0.15, 0.2) is 0 Å². The van der Waals surface area contributed by atoms with E-state index >= 15 is 0 Å². The maximum Gasteiger partial charge on any atom is 0.266 e. The SMILES string of the molecule is C=Cc1ccc2sc3c(C#N)cc4c(=O)n(-c5ccccc5)c(=O)c5cc(C#N)c(c2c1)c3c45. The topological polar surface area (TPSA) is 86.7 Å². The summed E-state index contributed by atoms with van der Waals surface area (Å²) < 4.78 is 2.66. The molecule has 2 aromatic heterocycles. The largest absolute Gasteiger partial charge is 0.268 e. The van der Waals surface area contributed by atoms with Crippen molar-refractivity contribution in [3.63, 3.8) is 0 Å². The monoisotopic (exact) mass is 455 g/mol. The van der Waals surface area contributed by atoms with Gasteiger partial charge in [-0.25, -0.2) is 4.57 Å². The van der Waals surface area contributed by atoms with Gasteiger partial charge in [0.05, 0.1) is 38.4 Å². The van der Waals surface area contributed by atoms with Crippen molar-refractivity contribution >= 4 is 59.1 Å². The lowest BCUT2D eigenvalue weighted by atomic mass is 9.92.